The van der Waals surface area contributed by atoms with Gasteiger partial charge in [-0.15, -0.1) is 5.73 Å². The van der Waals surface area contributed by atoms with Crippen molar-refractivity contribution < 1.29 is 47.9 Å². The second-order valence-electron chi connectivity index (χ2n) is 5.77. The van der Waals surface area contributed by atoms with Crippen molar-refractivity contribution >= 4 is 10.0 Å². The largest absolute Gasteiger partial charge is 0.460 e. The molecule has 0 aliphatic carbocycles. The van der Waals surface area contributed by atoms with Crippen molar-refractivity contribution in [2.45, 2.75) is 68.7 Å². The van der Waals surface area contributed by atoms with Crippen molar-refractivity contribution in [2.24, 2.45) is 0 Å². The molecule has 13 heteroatoms. The number of allylic oxidation sites excluding steroid dienone is 1. The van der Waals surface area contributed by atoms with Crippen LogP contribution in [-0.4, -0.2) is 38.2 Å². The maximum atomic E-state index is 13.4. The van der Waals surface area contributed by atoms with Gasteiger partial charge in [-0.1, -0.05) is 19.8 Å². The Morgan fingerprint density at radius 2 is 1.32 bits per heavy atom. The summed E-state index contributed by atoms with van der Waals surface area (Å²) in [7, 11) is -6.52. The van der Waals surface area contributed by atoms with Gasteiger partial charge in [-0.2, -0.15) is 39.5 Å². The van der Waals surface area contributed by atoms with Crippen LogP contribution in [0.15, 0.2) is 17.9 Å². The fourth-order valence-corrected chi connectivity index (χ4v) is 2.84. The van der Waals surface area contributed by atoms with Crippen molar-refractivity contribution in [3.8, 4) is 0 Å². The molecule has 166 valence electrons. The topological polar surface area (TPSA) is 46.2 Å². The molecular formula is C15H20F9NO2S. The molecule has 0 fully saturated rings. The minimum Gasteiger partial charge on any atom is -0.210 e. The Labute approximate surface area is 156 Å². The first kappa shape index (κ1) is 26.8. The predicted octanol–water partition coefficient (Wildman–Crippen LogP) is 5.40. The van der Waals surface area contributed by atoms with E-state index < -0.39 is 39.8 Å². The lowest BCUT2D eigenvalue weighted by Crippen LogP contribution is -2.64. The minimum absolute atomic E-state index is 0.0769. The van der Waals surface area contributed by atoms with Crippen molar-refractivity contribution in [1.82, 2.24) is 4.72 Å². The first-order valence-electron chi connectivity index (χ1n) is 8.15. The molecule has 0 aliphatic rings. The van der Waals surface area contributed by atoms with Crippen LogP contribution in [0.5, 0.6) is 0 Å². The molecule has 0 aliphatic heterocycles. The van der Waals surface area contributed by atoms with Gasteiger partial charge in [0.25, 0.3) is 10.0 Å². The molecule has 0 spiro atoms. The van der Waals surface area contributed by atoms with Gasteiger partial charge in [-0.3, -0.25) is 0 Å². The molecule has 1 N–H and O–H groups in total. The Hall–Kier alpha value is -1.20. The van der Waals surface area contributed by atoms with Gasteiger partial charge in [0.15, 0.2) is 0 Å². The molecule has 3 nitrogen and oxygen atoms in total. The summed E-state index contributed by atoms with van der Waals surface area (Å²) in [4.78, 5) is 0. The van der Waals surface area contributed by atoms with Crippen LogP contribution in [-0.2, 0) is 10.0 Å². The molecule has 0 radical (unpaired) electrons. The molecule has 0 rings (SSSR count). The SMILES string of the molecule is CCCCCC=C=CCCCNS(=O)(=O)C(F)(F)C(F)(F)C(F)(F)C(F)(F)F. The minimum atomic E-state index is -7.26. The zero-order chi connectivity index (χ0) is 22.3. The number of nitrogens with one attached hydrogen (secondary N) is 1. The van der Waals surface area contributed by atoms with Crippen LogP contribution in [0.1, 0.15) is 45.4 Å². The average molecular weight is 449 g/mol. The number of alkyl halides is 9. The van der Waals surface area contributed by atoms with Gasteiger partial charge >= 0.3 is 23.3 Å². The molecule has 0 bridgehead atoms. The summed E-state index contributed by atoms with van der Waals surface area (Å²) >= 11 is 0. The molecule has 0 saturated heterocycles. The van der Waals surface area contributed by atoms with E-state index in [-0.39, 0.29) is 12.8 Å². The smallest absolute Gasteiger partial charge is 0.210 e. The highest BCUT2D eigenvalue weighted by atomic mass is 32.2. The molecule has 0 unspecified atom stereocenters. The summed E-state index contributed by atoms with van der Waals surface area (Å²) < 4.78 is 138. The van der Waals surface area contributed by atoms with E-state index in [1.807, 2.05) is 6.92 Å². The predicted molar refractivity (Wildman–Crippen MR) is 83.8 cm³/mol. The summed E-state index contributed by atoms with van der Waals surface area (Å²) in [6, 6.07) is 0. The summed E-state index contributed by atoms with van der Waals surface area (Å²) in [6.45, 7) is 1.13. The van der Waals surface area contributed by atoms with Gasteiger partial charge in [-0.05, 0) is 37.8 Å². The first-order valence-corrected chi connectivity index (χ1v) is 9.63. The van der Waals surface area contributed by atoms with Crippen molar-refractivity contribution in [1.29, 1.82) is 0 Å². The number of hydrogen-bond acceptors (Lipinski definition) is 2. The fourth-order valence-electron chi connectivity index (χ4n) is 1.78. The average Bonchev–Trinajstić information content (AvgIpc) is 2.55. The lowest BCUT2D eigenvalue weighted by atomic mass is 10.1. The zero-order valence-corrected chi connectivity index (χ0v) is 15.5. The molecule has 0 saturated carbocycles. The highest BCUT2D eigenvalue weighted by Crippen LogP contribution is 2.54. The fraction of sp³-hybridized carbons (Fsp3) is 0.800. The van der Waals surface area contributed by atoms with Crippen LogP contribution < -0.4 is 4.72 Å². The number of hydrogen-bond donors (Lipinski definition) is 1. The zero-order valence-electron chi connectivity index (χ0n) is 14.7. The molecule has 0 atom stereocenters. The summed E-state index contributed by atoms with van der Waals surface area (Å²) in [5, 5.41) is -6.70. The third kappa shape index (κ3) is 6.15. The molecule has 0 aromatic rings. The third-order valence-corrected chi connectivity index (χ3v) is 4.97. The maximum Gasteiger partial charge on any atom is 0.460 e. The van der Waals surface area contributed by atoms with Gasteiger partial charge in [0.1, 0.15) is 0 Å². The molecule has 0 aromatic carbocycles. The van der Waals surface area contributed by atoms with Crippen molar-refractivity contribution in [2.75, 3.05) is 6.54 Å². The second-order valence-corrected chi connectivity index (χ2v) is 7.58. The Bertz CT molecular complexity index is 651. The van der Waals surface area contributed by atoms with E-state index in [0.29, 0.717) is 0 Å². The molecular weight excluding hydrogens is 429 g/mol. The molecule has 28 heavy (non-hydrogen) atoms. The number of halogens is 9. The van der Waals surface area contributed by atoms with E-state index in [4.69, 9.17) is 0 Å². The third-order valence-electron chi connectivity index (χ3n) is 3.46. The van der Waals surface area contributed by atoms with Gasteiger partial charge in [0, 0.05) is 6.54 Å². The number of sulfonamides is 1. The highest BCUT2D eigenvalue weighted by molar-refractivity contribution is 7.90. The van der Waals surface area contributed by atoms with Crippen molar-refractivity contribution in [3.05, 3.63) is 17.9 Å². The van der Waals surface area contributed by atoms with Gasteiger partial charge in [-0.25, -0.2) is 13.1 Å². The highest BCUT2D eigenvalue weighted by Gasteiger charge is 2.85. The number of unbranched alkanes of at least 4 members (excludes halogenated alkanes) is 4. The van der Waals surface area contributed by atoms with Crippen LogP contribution in [0.25, 0.3) is 0 Å². The van der Waals surface area contributed by atoms with E-state index in [1.54, 1.807) is 6.08 Å². The quantitative estimate of drug-likeness (QED) is 0.246. The Morgan fingerprint density at radius 1 is 0.821 bits per heavy atom. The summed E-state index contributed by atoms with van der Waals surface area (Å²) in [6.07, 6.45) is -0.459. The van der Waals surface area contributed by atoms with E-state index in [2.05, 4.69) is 5.73 Å². The number of rotatable bonds is 12. The summed E-state index contributed by atoms with van der Waals surface area (Å²) in [5.41, 5.74) is 2.71. The Balaban J connectivity index is 4.91. The van der Waals surface area contributed by atoms with Crippen LogP contribution >= 0.6 is 0 Å². The molecule has 0 aromatic heterocycles. The lowest BCUT2D eigenvalue weighted by Gasteiger charge is -2.33. The second kappa shape index (κ2) is 10.0. The monoisotopic (exact) mass is 449 g/mol. The van der Waals surface area contributed by atoms with Crippen molar-refractivity contribution in [3.63, 3.8) is 0 Å². The lowest BCUT2D eigenvalue weighted by molar-refractivity contribution is -0.382. The van der Waals surface area contributed by atoms with Gasteiger partial charge < -0.3 is 0 Å². The van der Waals surface area contributed by atoms with Gasteiger partial charge in [0.2, 0.25) is 0 Å². The van der Waals surface area contributed by atoms with E-state index in [1.165, 1.54) is 6.08 Å². The van der Waals surface area contributed by atoms with Crippen LogP contribution in [0.4, 0.5) is 39.5 Å². The Kier molecular flexibility index (Phi) is 9.59. The first-order chi connectivity index (χ1) is 12.6. The van der Waals surface area contributed by atoms with Crippen LogP contribution in [0, 0.1) is 0 Å². The van der Waals surface area contributed by atoms with Crippen LogP contribution in [0.3, 0.4) is 0 Å². The van der Waals surface area contributed by atoms with E-state index >= 15 is 0 Å². The normalized spacial score (nSPS) is 13.9. The Morgan fingerprint density at radius 3 is 1.79 bits per heavy atom. The summed E-state index contributed by atoms with van der Waals surface area (Å²) in [5.74, 6) is -14.5. The standard InChI is InChI=1S/C15H20F9NO2S/c1-2-3-4-5-6-7-8-9-10-11-25-28(26,27)15(23,24)13(18,19)12(16,17)14(20,21)22/h6,8,25H,2-5,9-11H2,1H3. The maximum absolute atomic E-state index is 13.4. The van der Waals surface area contributed by atoms with E-state index in [0.717, 1.165) is 30.4 Å². The van der Waals surface area contributed by atoms with Gasteiger partial charge in [0.05, 0.1) is 0 Å². The molecule has 0 amide bonds. The van der Waals surface area contributed by atoms with Crippen LogP contribution in [0.2, 0.25) is 0 Å². The molecule has 0 heterocycles. The van der Waals surface area contributed by atoms with E-state index in [9.17, 15) is 47.9 Å².